The van der Waals surface area contributed by atoms with E-state index in [2.05, 4.69) is 21.2 Å². The molecular formula is C15H14BrCl2NO. The van der Waals surface area contributed by atoms with Crippen molar-refractivity contribution in [3.8, 4) is 0 Å². The lowest BCUT2D eigenvalue weighted by Gasteiger charge is -2.32. The molecule has 2 aromatic carbocycles. The summed E-state index contributed by atoms with van der Waals surface area (Å²) in [5.41, 5.74) is 0.975. The SMILES string of the molecule is CC(CO)(Nc1ccccc1Br)c1ccc(Cl)cc1Cl. The summed E-state index contributed by atoms with van der Waals surface area (Å²) < 4.78 is 0.921. The smallest absolute Gasteiger partial charge is 0.0843 e. The Bertz CT molecular complexity index is 621. The maximum atomic E-state index is 9.82. The van der Waals surface area contributed by atoms with Gasteiger partial charge in [-0.25, -0.2) is 0 Å². The summed E-state index contributed by atoms with van der Waals surface area (Å²) in [6.07, 6.45) is 0. The molecule has 0 heterocycles. The molecule has 0 radical (unpaired) electrons. The van der Waals surface area contributed by atoms with Gasteiger partial charge in [0.25, 0.3) is 0 Å². The Labute approximate surface area is 136 Å². The summed E-state index contributed by atoms with van der Waals surface area (Å²) in [5, 5.41) is 14.2. The molecule has 20 heavy (non-hydrogen) atoms. The Morgan fingerprint density at radius 1 is 1.20 bits per heavy atom. The molecular weight excluding hydrogens is 361 g/mol. The molecule has 0 amide bonds. The second-order valence-corrected chi connectivity index (χ2v) is 6.42. The van der Waals surface area contributed by atoms with Crippen molar-refractivity contribution < 1.29 is 5.11 Å². The van der Waals surface area contributed by atoms with Crippen LogP contribution in [0.1, 0.15) is 12.5 Å². The van der Waals surface area contributed by atoms with Gasteiger partial charge in [0.1, 0.15) is 0 Å². The predicted molar refractivity (Wildman–Crippen MR) is 88.7 cm³/mol. The normalized spacial score (nSPS) is 13.8. The van der Waals surface area contributed by atoms with E-state index in [1.807, 2.05) is 37.3 Å². The van der Waals surface area contributed by atoms with Crippen molar-refractivity contribution in [3.63, 3.8) is 0 Å². The molecule has 2 N–H and O–H groups in total. The summed E-state index contributed by atoms with van der Waals surface area (Å²) in [6, 6.07) is 13.0. The molecule has 1 unspecified atom stereocenters. The minimum absolute atomic E-state index is 0.102. The molecule has 0 saturated carbocycles. The summed E-state index contributed by atoms with van der Waals surface area (Å²) >= 11 is 15.7. The fourth-order valence-electron chi connectivity index (χ4n) is 1.99. The van der Waals surface area contributed by atoms with Crippen LogP contribution in [0.25, 0.3) is 0 Å². The second kappa shape index (κ2) is 6.35. The fourth-order valence-corrected chi connectivity index (χ4v) is 2.99. The number of hydrogen-bond donors (Lipinski definition) is 2. The van der Waals surface area contributed by atoms with E-state index in [9.17, 15) is 5.11 Å². The van der Waals surface area contributed by atoms with Gasteiger partial charge in [0.15, 0.2) is 0 Å². The third kappa shape index (κ3) is 3.29. The lowest BCUT2D eigenvalue weighted by atomic mass is 9.92. The molecule has 0 saturated heterocycles. The summed E-state index contributed by atoms with van der Waals surface area (Å²) in [4.78, 5) is 0. The van der Waals surface area contributed by atoms with E-state index in [1.165, 1.54) is 0 Å². The van der Waals surface area contributed by atoms with Gasteiger partial charge in [-0.3, -0.25) is 0 Å². The molecule has 106 valence electrons. The standard InChI is InChI=1S/C15H14BrCl2NO/c1-15(9-20,11-7-6-10(17)8-13(11)18)19-14-5-3-2-4-12(14)16/h2-8,19-20H,9H2,1H3. The number of halogens is 3. The van der Waals surface area contributed by atoms with Crippen molar-refractivity contribution in [2.24, 2.45) is 0 Å². The first kappa shape index (κ1) is 15.6. The molecule has 0 spiro atoms. The van der Waals surface area contributed by atoms with Gasteiger partial charge in [0, 0.05) is 20.2 Å². The highest BCUT2D eigenvalue weighted by Gasteiger charge is 2.28. The van der Waals surface area contributed by atoms with Crippen LogP contribution in [0.2, 0.25) is 10.0 Å². The first-order chi connectivity index (χ1) is 9.46. The second-order valence-electron chi connectivity index (χ2n) is 4.72. The van der Waals surface area contributed by atoms with Gasteiger partial charge in [-0.1, -0.05) is 41.4 Å². The van der Waals surface area contributed by atoms with Gasteiger partial charge in [-0.05, 0) is 52.7 Å². The van der Waals surface area contributed by atoms with Gasteiger partial charge < -0.3 is 10.4 Å². The molecule has 5 heteroatoms. The van der Waals surface area contributed by atoms with Crippen LogP contribution in [0.5, 0.6) is 0 Å². The number of para-hydroxylation sites is 1. The Morgan fingerprint density at radius 2 is 1.90 bits per heavy atom. The Hall–Kier alpha value is -0.740. The Balaban J connectivity index is 2.41. The molecule has 2 aromatic rings. The van der Waals surface area contributed by atoms with E-state index in [1.54, 1.807) is 12.1 Å². The van der Waals surface area contributed by atoms with Crippen LogP contribution in [-0.2, 0) is 5.54 Å². The predicted octanol–water partition coefficient (Wildman–Crippen LogP) is 5.08. The van der Waals surface area contributed by atoms with E-state index < -0.39 is 5.54 Å². The lowest BCUT2D eigenvalue weighted by Crippen LogP contribution is -2.36. The zero-order valence-corrected chi connectivity index (χ0v) is 13.9. The first-order valence-corrected chi connectivity index (χ1v) is 7.60. The summed E-state index contributed by atoms with van der Waals surface area (Å²) in [5.74, 6) is 0. The number of rotatable bonds is 4. The highest BCUT2D eigenvalue weighted by molar-refractivity contribution is 9.10. The monoisotopic (exact) mass is 373 g/mol. The maximum absolute atomic E-state index is 9.82. The number of benzene rings is 2. The van der Waals surface area contributed by atoms with E-state index in [-0.39, 0.29) is 6.61 Å². The molecule has 1 atom stereocenters. The molecule has 2 nitrogen and oxygen atoms in total. The van der Waals surface area contributed by atoms with Crippen molar-refractivity contribution in [2.75, 3.05) is 11.9 Å². The number of hydrogen-bond acceptors (Lipinski definition) is 2. The quantitative estimate of drug-likeness (QED) is 0.782. The zero-order chi connectivity index (χ0) is 14.8. The molecule has 0 fully saturated rings. The highest BCUT2D eigenvalue weighted by Crippen LogP contribution is 2.34. The van der Waals surface area contributed by atoms with Gasteiger partial charge in [-0.15, -0.1) is 0 Å². The Morgan fingerprint density at radius 3 is 2.50 bits per heavy atom. The summed E-state index contributed by atoms with van der Waals surface area (Å²) in [6.45, 7) is 1.79. The van der Waals surface area contributed by atoms with Crippen molar-refractivity contribution in [2.45, 2.75) is 12.5 Å². The van der Waals surface area contributed by atoms with Crippen molar-refractivity contribution in [3.05, 3.63) is 62.5 Å². The number of aliphatic hydroxyl groups excluding tert-OH is 1. The average molecular weight is 375 g/mol. The summed E-state index contributed by atoms with van der Waals surface area (Å²) in [7, 11) is 0. The van der Waals surface area contributed by atoms with Crippen LogP contribution in [0.15, 0.2) is 46.9 Å². The minimum atomic E-state index is -0.703. The zero-order valence-electron chi connectivity index (χ0n) is 10.8. The molecule has 0 aromatic heterocycles. The van der Waals surface area contributed by atoms with Crippen LogP contribution >= 0.6 is 39.1 Å². The number of aliphatic hydroxyl groups is 1. The maximum Gasteiger partial charge on any atom is 0.0843 e. The van der Waals surface area contributed by atoms with Crippen LogP contribution in [-0.4, -0.2) is 11.7 Å². The van der Waals surface area contributed by atoms with Crippen LogP contribution in [0.4, 0.5) is 5.69 Å². The third-order valence-corrected chi connectivity index (χ3v) is 4.37. The van der Waals surface area contributed by atoms with Crippen LogP contribution < -0.4 is 5.32 Å². The van der Waals surface area contributed by atoms with Gasteiger partial charge >= 0.3 is 0 Å². The van der Waals surface area contributed by atoms with E-state index in [0.29, 0.717) is 10.0 Å². The van der Waals surface area contributed by atoms with E-state index >= 15 is 0 Å². The fraction of sp³-hybridized carbons (Fsp3) is 0.200. The molecule has 2 rings (SSSR count). The van der Waals surface area contributed by atoms with Gasteiger partial charge in [0.05, 0.1) is 12.1 Å². The topological polar surface area (TPSA) is 32.3 Å². The number of anilines is 1. The lowest BCUT2D eigenvalue weighted by molar-refractivity contribution is 0.224. The highest BCUT2D eigenvalue weighted by atomic mass is 79.9. The van der Waals surface area contributed by atoms with Crippen LogP contribution in [0.3, 0.4) is 0 Å². The molecule has 0 aliphatic rings. The largest absolute Gasteiger partial charge is 0.394 e. The Kier molecular flexibility index (Phi) is 4.97. The van der Waals surface area contributed by atoms with Gasteiger partial charge in [0.2, 0.25) is 0 Å². The third-order valence-electron chi connectivity index (χ3n) is 3.13. The van der Waals surface area contributed by atoms with Crippen molar-refractivity contribution in [1.82, 2.24) is 0 Å². The van der Waals surface area contributed by atoms with Crippen molar-refractivity contribution >= 4 is 44.8 Å². The first-order valence-electron chi connectivity index (χ1n) is 6.05. The minimum Gasteiger partial charge on any atom is -0.394 e. The van der Waals surface area contributed by atoms with Gasteiger partial charge in [-0.2, -0.15) is 0 Å². The van der Waals surface area contributed by atoms with E-state index in [4.69, 9.17) is 23.2 Å². The molecule has 0 aliphatic heterocycles. The van der Waals surface area contributed by atoms with E-state index in [0.717, 1.165) is 15.7 Å². The van der Waals surface area contributed by atoms with Crippen LogP contribution in [0, 0.1) is 0 Å². The average Bonchev–Trinajstić information content (AvgIpc) is 2.41. The molecule has 0 aliphatic carbocycles. The van der Waals surface area contributed by atoms with Crippen molar-refractivity contribution in [1.29, 1.82) is 0 Å². The number of nitrogens with one attached hydrogen (secondary N) is 1. The molecule has 0 bridgehead atoms.